The molecule has 0 aromatic heterocycles. The third kappa shape index (κ3) is 1.93. The van der Waals surface area contributed by atoms with Crippen molar-refractivity contribution in [3.63, 3.8) is 0 Å². The Bertz CT molecular complexity index is 737. The van der Waals surface area contributed by atoms with Crippen LogP contribution >= 0.6 is 0 Å². The van der Waals surface area contributed by atoms with Crippen LogP contribution in [-0.4, -0.2) is 17.0 Å². The number of carboxylic acids is 1. The highest BCUT2D eigenvalue weighted by Gasteiger charge is 2.21. The molecule has 0 aliphatic carbocycles. The van der Waals surface area contributed by atoms with E-state index in [0.29, 0.717) is 16.7 Å². The number of aromatic carboxylic acids is 1. The SMILES string of the molecule is O=C(O)c1ccc(-c2ccc3c(c2)COC3=O)c(F)c1. The molecule has 1 aliphatic heterocycles. The summed E-state index contributed by atoms with van der Waals surface area (Å²) in [4.78, 5) is 22.1. The summed E-state index contributed by atoms with van der Waals surface area (Å²) in [6.45, 7) is 0.177. The number of carbonyl (C=O) groups is 2. The van der Waals surface area contributed by atoms with Crippen LogP contribution in [0.4, 0.5) is 4.39 Å². The molecular weight excluding hydrogens is 263 g/mol. The van der Waals surface area contributed by atoms with Gasteiger partial charge in [0.2, 0.25) is 0 Å². The smallest absolute Gasteiger partial charge is 0.338 e. The van der Waals surface area contributed by atoms with Crippen molar-refractivity contribution < 1.29 is 23.8 Å². The summed E-state index contributed by atoms with van der Waals surface area (Å²) in [5.41, 5.74) is 1.95. The van der Waals surface area contributed by atoms with Crippen LogP contribution in [0.5, 0.6) is 0 Å². The van der Waals surface area contributed by atoms with E-state index in [4.69, 9.17) is 9.84 Å². The molecule has 2 aromatic carbocycles. The Morgan fingerprint density at radius 2 is 1.90 bits per heavy atom. The normalized spacial score (nSPS) is 12.9. The first kappa shape index (κ1) is 12.3. The third-order valence-electron chi connectivity index (χ3n) is 3.21. The standard InChI is InChI=1S/C15H9FO4/c16-13-6-9(14(17)18)2-3-11(13)8-1-4-12-10(5-8)7-20-15(12)19/h1-6H,7H2,(H,17,18). The Kier molecular flexibility index (Phi) is 2.75. The van der Waals surface area contributed by atoms with Crippen LogP contribution in [0.3, 0.4) is 0 Å². The van der Waals surface area contributed by atoms with Gasteiger partial charge >= 0.3 is 11.9 Å². The highest BCUT2D eigenvalue weighted by molar-refractivity contribution is 5.94. The lowest BCUT2D eigenvalue weighted by Gasteiger charge is -2.06. The van der Waals surface area contributed by atoms with Crippen LogP contribution in [0.25, 0.3) is 11.1 Å². The maximum absolute atomic E-state index is 14.0. The Morgan fingerprint density at radius 1 is 1.15 bits per heavy atom. The Labute approximate surface area is 113 Å². The van der Waals surface area contributed by atoms with Crippen molar-refractivity contribution in [1.82, 2.24) is 0 Å². The first-order valence-electron chi connectivity index (χ1n) is 5.89. The molecule has 0 spiro atoms. The fourth-order valence-corrected chi connectivity index (χ4v) is 2.18. The number of hydrogen-bond donors (Lipinski definition) is 1. The van der Waals surface area contributed by atoms with Crippen molar-refractivity contribution in [3.8, 4) is 11.1 Å². The van der Waals surface area contributed by atoms with E-state index in [-0.39, 0.29) is 23.7 Å². The van der Waals surface area contributed by atoms with Crippen molar-refractivity contribution in [3.05, 3.63) is 58.9 Å². The zero-order valence-corrected chi connectivity index (χ0v) is 10.2. The van der Waals surface area contributed by atoms with Crippen molar-refractivity contribution in [2.45, 2.75) is 6.61 Å². The maximum Gasteiger partial charge on any atom is 0.338 e. The average molecular weight is 272 g/mol. The van der Waals surface area contributed by atoms with Gasteiger partial charge in [-0.15, -0.1) is 0 Å². The molecule has 1 aliphatic rings. The number of ether oxygens (including phenoxy) is 1. The van der Waals surface area contributed by atoms with Crippen LogP contribution in [0, 0.1) is 5.82 Å². The van der Waals surface area contributed by atoms with E-state index in [1.807, 2.05) is 0 Å². The lowest BCUT2D eigenvalue weighted by Crippen LogP contribution is -1.98. The number of halogens is 1. The molecule has 1 N–H and O–H groups in total. The van der Waals surface area contributed by atoms with Crippen LogP contribution in [0.15, 0.2) is 36.4 Å². The van der Waals surface area contributed by atoms with Gasteiger partial charge in [-0.3, -0.25) is 0 Å². The van der Waals surface area contributed by atoms with Gasteiger partial charge < -0.3 is 9.84 Å². The molecule has 0 unspecified atom stereocenters. The second-order valence-electron chi connectivity index (χ2n) is 4.45. The number of cyclic esters (lactones) is 1. The van der Waals surface area contributed by atoms with Crippen molar-refractivity contribution >= 4 is 11.9 Å². The molecule has 0 saturated carbocycles. The summed E-state index contributed by atoms with van der Waals surface area (Å²) in [5, 5.41) is 8.81. The Morgan fingerprint density at radius 3 is 2.60 bits per heavy atom. The predicted octanol–water partition coefficient (Wildman–Crippen LogP) is 2.86. The fourth-order valence-electron chi connectivity index (χ4n) is 2.18. The lowest BCUT2D eigenvalue weighted by atomic mass is 9.99. The molecule has 0 bridgehead atoms. The van der Waals surface area contributed by atoms with E-state index >= 15 is 0 Å². The summed E-state index contributed by atoms with van der Waals surface area (Å²) in [6, 6.07) is 8.62. The van der Waals surface area contributed by atoms with Gasteiger partial charge in [0.1, 0.15) is 12.4 Å². The molecule has 3 rings (SSSR count). The van der Waals surface area contributed by atoms with Crippen LogP contribution in [-0.2, 0) is 11.3 Å². The van der Waals surface area contributed by atoms with Gasteiger partial charge in [-0.1, -0.05) is 12.1 Å². The molecular formula is C15H9FO4. The van der Waals surface area contributed by atoms with Gasteiger partial charge in [0, 0.05) is 11.1 Å². The Hall–Kier alpha value is -2.69. The van der Waals surface area contributed by atoms with Gasteiger partial charge in [-0.25, -0.2) is 14.0 Å². The summed E-state index contributed by atoms with van der Waals surface area (Å²) in [7, 11) is 0. The third-order valence-corrected chi connectivity index (χ3v) is 3.21. The van der Waals surface area contributed by atoms with E-state index in [9.17, 15) is 14.0 Å². The zero-order valence-electron chi connectivity index (χ0n) is 10.2. The summed E-state index contributed by atoms with van der Waals surface area (Å²) >= 11 is 0. The van der Waals surface area contributed by atoms with E-state index < -0.39 is 11.8 Å². The molecule has 0 amide bonds. The number of fused-ring (bicyclic) bond motifs is 1. The molecule has 0 saturated heterocycles. The second kappa shape index (κ2) is 4.45. The monoisotopic (exact) mass is 272 g/mol. The molecule has 20 heavy (non-hydrogen) atoms. The number of benzene rings is 2. The van der Waals surface area contributed by atoms with E-state index in [1.165, 1.54) is 12.1 Å². The number of carbonyl (C=O) groups excluding carboxylic acids is 1. The van der Waals surface area contributed by atoms with Crippen LogP contribution in [0.2, 0.25) is 0 Å². The van der Waals surface area contributed by atoms with Crippen molar-refractivity contribution in [1.29, 1.82) is 0 Å². The molecule has 0 radical (unpaired) electrons. The molecule has 2 aromatic rings. The lowest BCUT2D eigenvalue weighted by molar-refractivity contribution is 0.0534. The average Bonchev–Trinajstić information content (AvgIpc) is 2.79. The van der Waals surface area contributed by atoms with E-state index in [1.54, 1.807) is 18.2 Å². The van der Waals surface area contributed by atoms with Crippen molar-refractivity contribution in [2.75, 3.05) is 0 Å². The minimum absolute atomic E-state index is 0.106. The fraction of sp³-hybridized carbons (Fsp3) is 0.0667. The topological polar surface area (TPSA) is 63.6 Å². The number of rotatable bonds is 2. The summed E-state index contributed by atoms with van der Waals surface area (Å²) in [5.74, 6) is -2.17. The number of hydrogen-bond acceptors (Lipinski definition) is 3. The second-order valence-corrected chi connectivity index (χ2v) is 4.45. The van der Waals surface area contributed by atoms with Crippen LogP contribution < -0.4 is 0 Å². The van der Waals surface area contributed by atoms with Gasteiger partial charge in [-0.2, -0.15) is 0 Å². The quantitative estimate of drug-likeness (QED) is 0.854. The zero-order chi connectivity index (χ0) is 14.3. The molecule has 4 nitrogen and oxygen atoms in total. The molecule has 100 valence electrons. The Balaban J connectivity index is 2.06. The minimum atomic E-state index is -1.18. The molecule has 0 atom stereocenters. The number of carboxylic acid groups (broad SMARTS) is 1. The van der Waals surface area contributed by atoms with Crippen molar-refractivity contribution in [2.24, 2.45) is 0 Å². The highest BCUT2D eigenvalue weighted by Crippen LogP contribution is 2.29. The minimum Gasteiger partial charge on any atom is -0.478 e. The summed E-state index contributed by atoms with van der Waals surface area (Å²) < 4.78 is 18.8. The van der Waals surface area contributed by atoms with Gasteiger partial charge in [-0.05, 0) is 29.8 Å². The van der Waals surface area contributed by atoms with Gasteiger partial charge in [0.05, 0.1) is 11.1 Å². The maximum atomic E-state index is 14.0. The highest BCUT2D eigenvalue weighted by atomic mass is 19.1. The van der Waals surface area contributed by atoms with E-state index in [2.05, 4.69) is 0 Å². The first-order chi connectivity index (χ1) is 9.56. The first-order valence-corrected chi connectivity index (χ1v) is 5.89. The van der Waals surface area contributed by atoms with E-state index in [0.717, 1.165) is 6.07 Å². The van der Waals surface area contributed by atoms with Gasteiger partial charge in [0.25, 0.3) is 0 Å². The summed E-state index contributed by atoms with van der Waals surface area (Å²) in [6.07, 6.45) is 0. The van der Waals surface area contributed by atoms with Gasteiger partial charge in [0.15, 0.2) is 0 Å². The number of esters is 1. The predicted molar refractivity (Wildman–Crippen MR) is 67.9 cm³/mol. The molecule has 1 heterocycles. The van der Waals surface area contributed by atoms with Crippen LogP contribution in [0.1, 0.15) is 26.3 Å². The molecule has 5 heteroatoms. The molecule has 0 fully saturated rings. The largest absolute Gasteiger partial charge is 0.478 e.